The van der Waals surface area contributed by atoms with Crippen molar-refractivity contribution in [2.45, 2.75) is 32.0 Å². The largest absolute Gasteiger partial charge is 0.488 e. The summed E-state index contributed by atoms with van der Waals surface area (Å²) in [6.07, 6.45) is 1.59. The van der Waals surface area contributed by atoms with Crippen LogP contribution in [-0.2, 0) is 14.6 Å². The Bertz CT molecular complexity index is 1250. The number of halogens is 1. The molecular formula is C24H29FN4O6S. The van der Waals surface area contributed by atoms with E-state index in [1.807, 2.05) is 17.9 Å². The Kier molecular flexibility index (Phi) is 6.62. The zero-order valence-electron chi connectivity index (χ0n) is 20.2. The Morgan fingerprint density at radius 3 is 2.67 bits per heavy atom. The number of fused-ring (bicyclic) bond motifs is 1. The maximum atomic E-state index is 14.9. The number of rotatable bonds is 5. The zero-order valence-corrected chi connectivity index (χ0v) is 21.0. The van der Waals surface area contributed by atoms with Gasteiger partial charge in [0.25, 0.3) is 0 Å². The number of nitrogens with zero attached hydrogens (tertiary/aromatic N) is 4. The van der Waals surface area contributed by atoms with E-state index in [9.17, 15) is 17.6 Å². The van der Waals surface area contributed by atoms with Gasteiger partial charge in [0.2, 0.25) is 17.7 Å². The normalized spacial score (nSPS) is 23.6. The van der Waals surface area contributed by atoms with Gasteiger partial charge in [-0.1, -0.05) is 0 Å². The molecule has 0 radical (unpaired) electrons. The molecule has 1 unspecified atom stereocenters. The molecule has 5 heterocycles. The molecule has 10 nitrogen and oxygen atoms in total. The lowest BCUT2D eigenvalue weighted by molar-refractivity contribution is -0.135. The van der Waals surface area contributed by atoms with Crippen molar-refractivity contribution in [1.29, 1.82) is 0 Å². The molecule has 3 aliphatic heterocycles. The Morgan fingerprint density at radius 2 is 1.94 bits per heavy atom. The predicted octanol–water partition coefficient (Wildman–Crippen LogP) is 2.08. The minimum Gasteiger partial charge on any atom is -0.488 e. The molecule has 0 spiro atoms. The highest BCUT2D eigenvalue weighted by Gasteiger charge is 2.41. The Balaban J connectivity index is 1.29. The summed E-state index contributed by atoms with van der Waals surface area (Å²) in [5.74, 6) is 0.749. The van der Waals surface area contributed by atoms with Gasteiger partial charge in [0.05, 0.1) is 62.0 Å². The molecule has 2 atom stereocenters. The smallest absolute Gasteiger partial charge is 0.225 e. The van der Waals surface area contributed by atoms with Crippen molar-refractivity contribution in [3.63, 3.8) is 0 Å². The summed E-state index contributed by atoms with van der Waals surface area (Å²) in [5.41, 5.74) is 2.47. The van der Waals surface area contributed by atoms with Crippen LogP contribution in [0.5, 0.6) is 17.5 Å². The molecule has 0 bridgehead atoms. The van der Waals surface area contributed by atoms with Crippen molar-refractivity contribution in [2.75, 3.05) is 49.8 Å². The molecule has 3 aliphatic rings. The summed E-state index contributed by atoms with van der Waals surface area (Å²) in [5, 5.41) is 0. The molecule has 2 saturated heterocycles. The second kappa shape index (κ2) is 9.72. The van der Waals surface area contributed by atoms with E-state index >= 15 is 0 Å². The quantitative estimate of drug-likeness (QED) is 0.585. The van der Waals surface area contributed by atoms with Crippen LogP contribution in [0.3, 0.4) is 0 Å². The number of carbonyl (C=O) groups is 1. The van der Waals surface area contributed by atoms with Crippen LogP contribution < -0.4 is 19.1 Å². The van der Waals surface area contributed by atoms with E-state index < -0.39 is 28.0 Å². The second-order valence-electron chi connectivity index (χ2n) is 9.35. The van der Waals surface area contributed by atoms with Gasteiger partial charge in [0.1, 0.15) is 16.4 Å². The summed E-state index contributed by atoms with van der Waals surface area (Å²) in [6.45, 7) is 2.97. The van der Waals surface area contributed by atoms with Crippen molar-refractivity contribution in [3.05, 3.63) is 30.1 Å². The van der Waals surface area contributed by atoms with Gasteiger partial charge in [-0.25, -0.2) is 22.8 Å². The number of alkyl halides is 1. The number of ether oxygens (including phenoxy) is 3. The average Bonchev–Trinajstić information content (AvgIpc) is 3.23. The minimum absolute atomic E-state index is 0.00289. The van der Waals surface area contributed by atoms with Gasteiger partial charge in [-0.15, -0.1) is 0 Å². The van der Waals surface area contributed by atoms with E-state index in [4.69, 9.17) is 14.2 Å². The molecule has 0 aromatic carbocycles. The standard InChI is InChI=1S/C24H29FN4O6S/c1-15-9-17(11-27-23(15)33-2)29-5-6-34-20-12-26-22(10-19(20)29)35-21-14-28(13-18(21)25)24(30)16-3-7-36(31,32)8-4-16/h9-12,16,18,21H,3-8,13-14H2,1-2H3/t18?,21-/m1/s1. The van der Waals surface area contributed by atoms with Gasteiger partial charge in [-0.2, -0.15) is 0 Å². The first-order chi connectivity index (χ1) is 17.2. The van der Waals surface area contributed by atoms with Crippen molar-refractivity contribution in [3.8, 4) is 17.5 Å². The van der Waals surface area contributed by atoms with Crippen LogP contribution in [0.25, 0.3) is 0 Å². The molecular weight excluding hydrogens is 491 g/mol. The first-order valence-corrected chi connectivity index (χ1v) is 13.8. The number of hydrogen-bond donors (Lipinski definition) is 0. The SMILES string of the molecule is COc1ncc(N2CCOc3cnc(O[C@@H]4CN(C(=O)C5CCS(=O)(=O)CC5)CC4F)cc32)cc1C. The molecule has 5 rings (SSSR count). The molecule has 2 fully saturated rings. The number of likely N-dealkylation sites (tertiary alicyclic amines) is 1. The number of aryl methyl sites for hydroxylation is 1. The maximum Gasteiger partial charge on any atom is 0.225 e. The number of aromatic nitrogens is 2. The molecule has 0 saturated carbocycles. The number of hydrogen-bond acceptors (Lipinski definition) is 9. The summed E-state index contributed by atoms with van der Waals surface area (Å²) in [4.78, 5) is 25.0. The molecule has 0 aliphatic carbocycles. The van der Waals surface area contributed by atoms with E-state index in [-0.39, 0.29) is 49.2 Å². The lowest BCUT2D eigenvalue weighted by Gasteiger charge is -2.31. The zero-order chi connectivity index (χ0) is 25.4. The van der Waals surface area contributed by atoms with Gasteiger partial charge in [-0.05, 0) is 25.8 Å². The minimum atomic E-state index is -3.08. The van der Waals surface area contributed by atoms with Crippen molar-refractivity contribution < 1.29 is 31.8 Å². The molecule has 1 amide bonds. The van der Waals surface area contributed by atoms with Gasteiger partial charge < -0.3 is 24.0 Å². The van der Waals surface area contributed by atoms with Crippen LogP contribution in [0.1, 0.15) is 18.4 Å². The number of carbonyl (C=O) groups excluding carboxylic acids is 1. The van der Waals surface area contributed by atoms with Crippen LogP contribution in [0.2, 0.25) is 0 Å². The third-order valence-electron chi connectivity index (χ3n) is 6.89. The topological polar surface area (TPSA) is 111 Å². The molecule has 12 heteroatoms. The highest BCUT2D eigenvalue weighted by atomic mass is 32.2. The number of sulfone groups is 1. The van der Waals surface area contributed by atoms with Gasteiger partial charge in [0, 0.05) is 17.5 Å². The van der Waals surface area contributed by atoms with Crippen molar-refractivity contribution in [1.82, 2.24) is 14.9 Å². The van der Waals surface area contributed by atoms with Crippen molar-refractivity contribution in [2.24, 2.45) is 5.92 Å². The number of pyridine rings is 2. The highest BCUT2D eigenvalue weighted by molar-refractivity contribution is 7.91. The van der Waals surface area contributed by atoms with Gasteiger partial charge in [0.15, 0.2) is 18.0 Å². The lowest BCUT2D eigenvalue weighted by atomic mass is 10.0. The van der Waals surface area contributed by atoms with Gasteiger partial charge in [-0.3, -0.25) is 4.79 Å². The van der Waals surface area contributed by atoms with Crippen LogP contribution in [0.15, 0.2) is 24.5 Å². The summed E-state index contributed by atoms with van der Waals surface area (Å²) in [7, 11) is -1.50. The van der Waals surface area contributed by atoms with Crippen LogP contribution in [0.4, 0.5) is 15.8 Å². The molecule has 2 aromatic rings. The Labute approximate surface area is 209 Å². The van der Waals surface area contributed by atoms with E-state index in [0.29, 0.717) is 24.8 Å². The Morgan fingerprint density at radius 1 is 1.17 bits per heavy atom. The summed E-state index contributed by atoms with van der Waals surface area (Å²) >= 11 is 0. The maximum absolute atomic E-state index is 14.9. The van der Waals surface area contributed by atoms with E-state index in [2.05, 4.69) is 9.97 Å². The van der Waals surface area contributed by atoms with Crippen molar-refractivity contribution >= 4 is 27.1 Å². The lowest BCUT2D eigenvalue weighted by Crippen LogP contribution is -2.39. The second-order valence-corrected chi connectivity index (χ2v) is 11.7. The third kappa shape index (κ3) is 4.91. The first-order valence-electron chi connectivity index (χ1n) is 11.9. The number of amides is 1. The third-order valence-corrected chi connectivity index (χ3v) is 8.61. The van der Waals surface area contributed by atoms with E-state index in [0.717, 1.165) is 16.9 Å². The highest BCUT2D eigenvalue weighted by Crippen LogP contribution is 2.39. The summed E-state index contributed by atoms with van der Waals surface area (Å²) in [6, 6.07) is 3.67. The fourth-order valence-corrected chi connectivity index (χ4v) is 6.41. The van der Waals surface area contributed by atoms with Crippen LogP contribution in [0, 0.1) is 12.8 Å². The van der Waals surface area contributed by atoms with E-state index in [1.165, 1.54) is 4.90 Å². The average molecular weight is 521 g/mol. The monoisotopic (exact) mass is 520 g/mol. The number of anilines is 2. The van der Waals surface area contributed by atoms with Crippen LogP contribution in [-0.4, -0.2) is 86.3 Å². The van der Waals surface area contributed by atoms with Gasteiger partial charge >= 0.3 is 0 Å². The molecule has 194 valence electrons. The fraction of sp³-hybridized carbons (Fsp3) is 0.542. The predicted molar refractivity (Wildman–Crippen MR) is 130 cm³/mol. The first kappa shape index (κ1) is 24.5. The molecule has 2 aromatic heterocycles. The van der Waals surface area contributed by atoms with Crippen LogP contribution >= 0.6 is 0 Å². The Hall–Kier alpha value is -3.15. The van der Waals surface area contributed by atoms with E-state index in [1.54, 1.807) is 25.6 Å². The summed E-state index contributed by atoms with van der Waals surface area (Å²) < 4.78 is 55.1. The number of methoxy groups -OCH3 is 1. The molecule has 36 heavy (non-hydrogen) atoms. The fourth-order valence-electron chi connectivity index (χ4n) is 4.92. The molecule has 0 N–H and O–H groups in total.